The summed E-state index contributed by atoms with van der Waals surface area (Å²) >= 11 is 0. The second kappa shape index (κ2) is 12.1. The fourth-order valence-electron chi connectivity index (χ4n) is 1.49. The van der Waals surface area contributed by atoms with Gasteiger partial charge in [-0.3, -0.25) is 9.59 Å². The highest BCUT2D eigenvalue weighted by Gasteiger charge is 2.19. The van der Waals surface area contributed by atoms with Gasteiger partial charge in [-0.05, 0) is 19.8 Å². The lowest BCUT2D eigenvalue weighted by molar-refractivity contribution is -0.128. The Morgan fingerprint density at radius 2 is 1.39 bits per heavy atom. The van der Waals surface area contributed by atoms with Gasteiger partial charge in [0, 0.05) is 37.3 Å². The molecule has 0 spiro atoms. The number of rotatable bonds is 12. The molecule has 0 fully saturated rings. The molecule has 6 nitrogen and oxygen atoms in total. The first kappa shape index (κ1) is 21.6. The van der Waals surface area contributed by atoms with Crippen molar-refractivity contribution in [1.29, 1.82) is 0 Å². The van der Waals surface area contributed by atoms with Crippen LogP contribution in [0.15, 0.2) is 12.2 Å². The molecule has 0 aliphatic rings. The third-order valence-corrected chi connectivity index (χ3v) is 2.94. The summed E-state index contributed by atoms with van der Waals surface area (Å²) in [5, 5.41) is 5.62. The predicted octanol–water partition coefficient (Wildman–Crippen LogP) is 1.65. The van der Waals surface area contributed by atoms with Crippen molar-refractivity contribution < 1.29 is 19.1 Å². The Morgan fingerprint density at radius 1 is 0.913 bits per heavy atom. The molecule has 0 saturated heterocycles. The molecular formula is C17H32N2O4. The predicted molar refractivity (Wildman–Crippen MR) is 91.2 cm³/mol. The molecule has 23 heavy (non-hydrogen) atoms. The van der Waals surface area contributed by atoms with Crippen LogP contribution in [0.2, 0.25) is 0 Å². The molecule has 0 saturated carbocycles. The van der Waals surface area contributed by atoms with Crippen molar-refractivity contribution in [2.24, 2.45) is 5.41 Å². The maximum atomic E-state index is 11.6. The lowest BCUT2D eigenvalue weighted by atomic mass is 9.96. The zero-order valence-corrected chi connectivity index (χ0v) is 15.0. The maximum Gasteiger partial charge on any atom is 0.246 e. The first-order chi connectivity index (χ1) is 10.7. The zero-order valence-electron chi connectivity index (χ0n) is 15.0. The van der Waals surface area contributed by atoms with Crippen LogP contribution in [0.3, 0.4) is 0 Å². The van der Waals surface area contributed by atoms with Gasteiger partial charge in [0.1, 0.15) is 0 Å². The molecule has 0 atom stereocenters. The van der Waals surface area contributed by atoms with E-state index < -0.39 is 0 Å². The topological polar surface area (TPSA) is 76.7 Å². The van der Waals surface area contributed by atoms with Crippen LogP contribution < -0.4 is 10.6 Å². The quantitative estimate of drug-likeness (QED) is 0.422. The minimum Gasteiger partial charge on any atom is -0.379 e. The van der Waals surface area contributed by atoms with Crippen LogP contribution in [0.25, 0.3) is 0 Å². The second-order valence-corrected chi connectivity index (χ2v) is 6.47. The normalized spacial score (nSPS) is 11.1. The van der Waals surface area contributed by atoms with Crippen LogP contribution in [-0.4, -0.2) is 51.3 Å². The summed E-state index contributed by atoms with van der Waals surface area (Å²) in [6.45, 7) is 14.4. The average Bonchev–Trinajstić information content (AvgIpc) is 2.46. The van der Waals surface area contributed by atoms with Gasteiger partial charge in [-0.2, -0.15) is 0 Å². The molecule has 0 heterocycles. The van der Waals surface area contributed by atoms with E-state index in [0.29, 0.717) is 45.1 Å². The van der Waals surface area contributed by atoms with Crippen molar-refractivity contribution in [2.45, 2.75) is 40.5 Å². The molecular weight excluding hydrogens is 296 g/mol. The van der Waals surface area contributed by atoms with E-state index in [2.05, 4.69) is 17.2 Å². The highest BCUT2D eigenvalue weighted by atomic mass is 16.5. The van der Waals surface area contributed by atoms with Gasteiger partial charge in [0.15, 0.2) is 0 Å². The average molecular weight is 328 g/mol. The number of amides is 2. The summed E-state index contributed by atoms with van der Waals surface area (Å²) in [5.74, 6) is -0.0635. The Balaban J connectivity index is 3.27. The number of carbonyl (C=O) groups is 2. The van der Waals surface area contributed by atoms with Gasteiger partial charge in [-0.1, -0.05) is 27.4 Å². The van der Waals surface area contributed by atoms with Crippen LogP contribution in [0.5, 0.6) is 0 Å². The largest absolute Gasteiger partial charge is 0.379 e. The molecule has 2 amide bonds. The van der Waals surface area contributed by atoms with Crippen molar-refractivity contribution in [3.8, 4) is 0 Å². The van der Waals surface area contributed by atoms with Gasteiger partial charge in [-0.25, -0.2) is 0 Å². The zero-order chi connectivity index (χ0) is 17.7. The van der Waals surface area contributed by atoms with Gasteiger partial charge in [0.05, 0.1) is 13.2 Å². The van der Waals surface area contributed by atoms with Crippen molar-refractivity contribution >= 4 is 11.8 Å². The van der Waals surface area contributed by atoms with Crippen molar-refractivity contribution in [1.82, 2.24) is 10.6 Å². The molecule has 6 heteroatoms. The minimum absolute atomic E-state index is 0.0552. The second-order valence-electron chi connectivity index (χ2n) is 6.47. The Hall–Kier alpha value is -1.40. The summed E-state index contributed by atoms with van der Waals surface area (Å²) < 4.78 is 10.8. The lowest BCUT2D eigenvalue weighted by Crippen LogP contribution is -2.35. The van der Waals surface area contributed by atoms with Crippen molar-refractivity contribution in [3.05, 3.63) is 12.2 Å². The van der Waals surface area contributed by atoms with E-state index >= 15 is 0 Å². The molecule has 0 aromatic rings. The molecule has 0 bridgehead atoms. The molecule has 2 N–H and O–H groups in total. The Kier molecular flexibility index (Phi) is 11.3. The lowest BCUT2D eigenvalue weighted by Gasteiger charge is -2.17. The third-order valence-electron chi connectivity index (χ3n) is 2.94. The van der Waals surface area contributed by atoms with Crippen molar-refractivity contribution in [2.75, 3.05) is 39.5 Å². The maximum absolute atomic E-state index is 11.6. The Bertz CT molecular complexity index is 375. The summed E-state index contributed by atoms with van der Waals surface area (Å²) in [6, 6.07) is 0. The SMILES string of the molecule is C=C(C)C(=O)NCCCOCCOCCCNC(=O)C(C)(C)C. The highest BCUT2D eigenvalue weighted by molar-refractivity contribution is 5.92. The van der Waals surface area contributed by atoms with Gasteiger partial charge in [0.25, 0.3) is 0 Å². The van der Waals surface area contributed by atoms with E-state index in [1.54, 1.807) is 6.92 Å². The van der Waals surface area contributed by atoms with Gasteiger partial charge in [0.2, 0.25) is 11.8 Å². The molecule has 0 aliphatic heterocycles. The molecule has 0 unspecified atom stereocenters. The van der Waals surface area contributed by atoms with E-state index in [1.165, 1.54) is 0 Å². The van der Waals surface area contributed by atoms with E-state index in [4.69, 9.17) is 9.47 Å². The smallest absolute Gasteiger partial charge is 0.246 e. The van der Waals surface area contributed by atoms with Crippen molar-refractivity contribution in [3.63, 3.8) is 0 Å². The Labute approximate surface area is 140 Å². The molecule has 0 aromatic heterocycles. The van der Waals surface area contributed by atoms with Crippen LogP contribution in [0, 0.1) is 5.41 Å². The fourth-order valence-corrected chi connectivity index (χ4v) is 1.49. The monoisotopic (exact) mass is 328 g/mol. The molecule has 0 rings (SSSR count). The van der Waals surface area contributed by atoms with Gasteiger partial charge < -0.3 is 20.1 Å². The highest BCUT2D eigenvalue weighted by Crippen LogP contribution is 2.11. The van der Waals surface area contributed by atoms with E-state index in [-0.39, 0.29) is 17.2 Å². The molecule has 0 aliphatic carbocycles. The molecule has 134 valence electrons. The number of ether oxygens (including phenoxy) is 2. The third kappa shape index (κ3) is 12.8. The van der Waals surface area contributed by atoms with Gasteiger partial charge >= 0.3 is 0 Å². The summed E-state index contributed by atoms with van der Waals surface area (Å²) in [6.07, 6.45) is 1.55. The number of carbonyl (C=O) groups excluding carboxylic acids is 2. The van der Waals surface area contributed by atoms with Gasteiger partial charge in [-0.15, -0.1) is 0 Å². The molecule has 0 aromatic carbocycles. The molecule has 0 radical (unpaired) electrons. The summed E-state index contributed by atoms with van der Waals surface area (Å²) in [4.78, 5) is 22.8. The fraction of sp³-hybridized carbons (Fsp3) is 0.765. The number of nitrogens with one attached hydrogen (secondary N) is 2. The minimum atomic E-state index is -0.349. The first-order valence-electron chi connectivity index (χ1n) is 8.12. The first-order valence-corrected chi connectivity index (χ1v) is 8.12. The van der Waals surface area contributed by atoms with E-state index in [1.807, 2.05) is 20.8 Å². The number of hydrogen-bond donors (Lipinski definition) is 2. The van der Waals surface area contributed by atoms with E-state index in [0.717, 1.165) is 12.8 Å². The van der Waals surface area contributed by atoms with Crippen LogP contribution in [0.1, 0.15) is 40.5 Å². The Morgan fingerprint density at radius 3 is 1.83 bits per heavy atom. The van der Waals surface area contributed by atoms with Crippen LogP contribution in [-0.2, 0) is 19.1 Å². The van der Waals surface area contributed by atoms with Crippen LogP contribution in [0.4, 0.5) is 0 Å². The summed E-state index contributed by atoms with van der Waals surface area (Å²) in [5.41, 5.74) is 0.163. The standard InChI is InChI=1S/C17H32N2O4/c1-14(2)15(20)18-8-6-10-22-12-13-23-11-7-9-19-16(21)17(3,4)5/h1,6-13H2,2-5H3,(H,18,20)(H,19,21). The van der Waals surface area contributed by atoms with E-state index in [9.17, 15) is 9.59 Å². The van der Waals surface area contributed by atoms with Crippen LogP contribution >= 0.6 is 0 Å². The summed E-state index contributed by atoms with van der Waals surface area (Å²) in [7, 11) is 0. The number of hydrogen-bond acceptors (Lipinski definition) is 4.